The zero-order chi connectivity index (χ0) is 13.3. The average molecular weight is 327 g/mol. The molecule has 0 atom stereocenters. The van der Waals surface area contributed by atoms with Crippen LogP contribution < -0.4 is 5.32 Å². The minimum Gasteiger partial charge on any atom is -0.372 e. The lowest BCUT2D eigenvalue weighted by molar-refractivity contribution is 0.564. The van der Waals surface area contributed by atoms with Crippen LogP contribution in [0.25, 0.3) is 11.5 Å². The van der Waals surface area contributed by atoms with Crippen molar-refractivity contribution in [3.8, 4) is 11.5 Å². The van der Waals surface area contributed by atoms with E-state index in [1.807, 2.05) is 12.4 Å². The second-order valence-electron chi connectivity index (χ2n) is 4.93. The van der Waals surface area contributed by atoms with Crippen molar-refractivity contribution in [2.75, 3.05) is 12.4 Å². The minimum atomic E-state index is -0.0574. The quantitative estimate of drug-likeness (QED) is 0.914. The van der Waals surface area contributed by atoms with Crippen molar-refractivity contribution in [2.24, 2.45) is 0 Å². The first-order chi connectivity index (χ1) is 8.43. The number of nitrogens with one attached hydrogen (secondary N) is 1. The van der Waals surface area contributed by atoms with Gasteiger partial charge in [-0.2, -0.15) is 0 Å². The summed E-state index contributed by atoms with van der Waals surface area (Å²) in [5.41, 5.74) is 3.52. The van der Waals surface area contributed by atoms with Crippen molar-refractivity contribution < 1.29 is 0 Å². The van der Waals surface area contributed by atoms with E-state index in [0.29, 0.717) is 5.82 Å². The molecule has 2 aromatic heterocycles. The number of aromatic nitrogens is 3. The van der Waals surface area contributed by atoms with Crippen LogP contribution >= 0.6 is 27.3 Å². The van der Waals surface area contributed by atoms with Gasteiger partial charge in [0.1, 0.15) is 11.5 Å². The van der Waals surface area contributed by atoms with Crippen molar-refractivity contribution in [1.82, 2.24) is 15.0 Å². The molecule has 0 unspecified atom stereocenters. The topological polar surface area (TPSA) is 50.7 Å². The summed E-state index contributed by atoms with van der Waals surface area (Å²) in [5, 5.41) is 5.04. The molecule has 6 heteroatoms. The third kappa shape index (κ3) is 2.54. The van der Waals surface area contributed by atoms with E-state index in [-0.39, 0.29) is 5.41 Å². The number of nitrogens with zero attached hydrogens (tertiary/aromatic N) is 3. The van der Waals surface area contributed by atoms with E-state index in [2.05, 4.69) is 57.0 Å². The Bertz CT molecular complexity index is 546. The number of rotatable bonds is 2. The van der Waals surface area contributed by atoms with E-state index >= 15 is 0 Å². The van der Waals surface area contributed by atoms with Crippen LogP contribution in [0.15, 0.2) is 15.4 Å². The van der Waals surface area contributed by atoms with Crippen LogP contribution in [0.5, 0.6) is 0 Å². The third-order valence-electron chi connectivity index (χ3n) is 2.46. The molecule has 2 rings (SSSR count). The van der Waals surface area contributed by atoms with Gasteiger partial charge in [0, 0.05) is 17.8 Å². The molecule has 0 saturated carbocycles. The Hall–Kier alpha value is -1.01. The van der Waals surface area contributed by atoms with Gasteiger partial charge < -0.3 is 5.32 Å². The molecule has 0 aliphatic heterocycles. The fraction of sp³-hybridized carbons (Fsp3) is 0.417. The number of hydrogen-bond donors (Lipinski definition) is 1. The summed E-state index contributed by atoms with van der Waals surface area (Å²) in [6.45, 7) is 6.39. The number of anilines is 1. The molecule has 0 fully saturated rings. The highest BCUT2D eigenvalue weighted by Crippen LogP contribution is 2.34. The largest absolute Gasteiger partial charge is 0.372 e. The maximum Gasteiger partial charge on any atom is 0.181 e. The van der Waals surface area contributed by atoms with Crippen molar-refractivity contribution in [2.45, 2.75) is 26.2 Å². The van der Waals surface area contributed by atoms with Gasteiger partial charge in [0.05, 0.1) is 15.7 Å². The van der Waals surface area contributed by atoms with Gasteiger partial charge in [-0.3, -0.25) is 0 Å². The fourth-order valence-electron chi connectivity index (χ4n) is 1.55. The van der Waals surface area contributed by atoms with Crippen LogP contribution in [0.2, 0.25) is 0 Å². The molecule has 0 bridgehead atoms. The van der Waals surface area contributed by atoms with Gasteiger partial charge in [-0.1, -0.05) is 20.8 Å². The summed E-state index contributed by atoms with van der Waals surface area (Å²) in [5.74, 6) is 1.45. The van der Waals surface area contributed by atoms with E-state index in [1.165, 1.54) is 0 Å². The molecule has 0 amide bonds. The minimum absolute atomic E-state index is 0.0574. The van der Waals surface area contributed by atoms with Gasteiger partial charge in [0.25, 0.3) is 0 Å². The summed E-state index contributed by atoms with van der Waals surface area (Å²) in [7, 11) is 1.85. The highest BCUT2D eigenvalue weighted by Gasteiger charge is 2.23. The Morgan fingerprint density at radius 2 is 2.00 bits per heavy atom. The van der Waals surface area contributed by atoms with Gasteiger partial charge in [-0.15, -0.1) is 11.3 Å². The van der Waals surface area contributed by atoms with Crippen LogP contribution in [0.1, 0.15) is 26.5 Å². The molecule has 0 spiro atoms. The molecule has 0 aliphatic rings. The van der Waals surface area contributed by atoms with E-state index in [9.17, 15) is 0 Å². The highest BCUT2D eigenvalue weighted by molar-refractivity contribution is 9.10. The average Bonchev–Trinajstić information content (AvgIpc) is 2.81. The lowest BCUT2D eigenvalue weighted by Gasteiger charge is -2.21. The lowest BCUT2D eigenvalue weighted by atomic mass is 9.92. The highest BCUT2D eigenvalue weighted by atomic mass is 79.9. The maximum atomic E-state index is 4.64. The monoisotopic (exact) mass is 326 g/mol. The SMILES string of the molecule is CNc1nc(-c2cscn2)nc(C(C)(C)C)c1Br. The molecule has 18 heavy (non-hydrogen) atoms. The van der Waals surface area contributed by atoms with Gasteiger partial charge >= 0.3 is 0 Å². The van der Waals surface area contributed by atoms with Crippen molar-refractivity contribution in [1.29, 1.82) is 0 Å². The molecule has 1 N–H and O–H groups in total. The molecular formula is C12H15BrN4S. The molecule has 2 aromatic rings. The summed E-state index contributed by atoms with van der Waals surface area (Å²) in [6.07, 6.45) is 0. The first-order valence-corrected chi connectivity index (χ1v) is 7.31. The van der Waals surface area contributed by atoms with E-state index in [0.717, 1.165) is 21.7 Å². The lowest BCUT2D eigenvalue weighted by Crippen LogP contribution is -2.17. The van der Waals surface area contributed by atoms with Crippen molar-refractivity contribution in [3.63, 3.8) is 0 Å². The standard InChI is InChI=1S/C12H15BrN4S/c1-12(2,3)9-8(13)11(14-4)17-10(16-9)7-5-18-6-15-7/h5-6H,1-4H3,(H,14,16,17). The Kier molecular flexibility index (Phi) is 3.68. The predicted molar refractivity (Wildman–Crippen MR) is 79.1 cm³/mol. The van der Waals surface area contributed by atoms with Gasteiger partial charge in [-0.25, -0.2) is 15.0 Å². The van der Waals surface area contributed by atoms with Crippen molar-refractivity contribution >= 4 is 33.1 Å². The number of thiazole rings is 1. The second kappa shape index (κ2) is 4.93. The van der Waals surface area contributed by atoms with Crippen LogP contribution in [0.4, 0.5) is 5.82 Å². The van der Waals surface area contributed by atoms with Crippen molar-refractivity contribution in [3.05, 3.63) is 21.1 Å². The smallest absolute Gasteiger partial charge is 0.181 e. The summed E-state index contributed by atoms with van der Waals surface area (Å²) >= 11 is 5.11. The molecule has 0 aliphatic carbocycles. The molecule has 0 saturated heterocycles. The first kappa shape index (κ1) is 13.4. The van der Waals surface area contributed by atoms with E-state index < -0.39 is 0 Å². The molecule has 96 valence electrons. The van der Waals surface area contributed by atoms with Crippen LogP contribution in [-0.4, -0.2) is 22.0 Å². The fourth-order valence-corrected chi connectivity index (χ4v) is 3.05. The van der Waals surface area contributed by atoms with Gasteiger partial charge in [-0.05, 0) is 15.9 Å². The normalized spacial score (nSPS) is 11.6. The Labute approximate surface area is 119 Å². The number of halogens is 1. The molecule has 4 nitrogen and oxygen atoms in total. The third-order valence-corrected chi connectivity index (χ3v) is 3.80. The molecule has 0 radical (unpaired) electrons. The van der Waals surface area contributed by atoms with Gasteiger partial charge in [0.15, 0.2) is 5.82 Å². The van der Waals surface area contributed by atoms with Crippen LogP contribution in [0.3, 0.4) is 0 Å². The summed E-state index contributed by atoms with van der Waals surface area (Å²) in [4.78, 5) is 13.4. The zero-order valence-corrected chi connectivity index (χ0v) is 13.2. The molecule has 2 heterocycles. The van der Waals surface area contributed by atoms with Gasteiger partial charge in [0.2, 0.25) is 0 Å². The summed E-state index contributed by atoms with van der Waals surface area (Å²) in [6, 6.07) is 0. The Balaban J connectivity index is 2.64. The molecule has 0 aromatic carbocycles. The predicted octanol–water partition coefficient (Wildman–Crippen LogP) is 3.70. The Morgan fingerprint density at radius 3 is 2.50 bits per heavy atom. The second-order valence-corrected chi connectivity index (χ2v) is 6.44. The number of hydrogen-bond acceptors (Lipinski definition) is 5. The Morgan fingerprint density at radius 1 is 1.28 bits per heavy atom. The summed E-state index contributed by atoms with van der Waals surface area (Å²) < 4.78 is 0.913. The zero-order valence-electron chi connectivity index (χ0n) is 10.8. The maximum absolute atomic E-state index is 4.64. The molecular weight excluding hydrogens is 312 g/mol. The van der Waals surface area contributed by atoms with Crippen LogP contribution in [-0.2, 0) is 5.41 Å². The van der Waals surface area contributed by atoms with E-state index in [4.69, 9.17) is 0 Å². The van der Waals surface area contributed by atoms with Crippen LogP contribution in [0, 0.1) is 0 Å². The first-order valence-electron chi connectivity index (χ1n) is 5.58. The van der Waals surface area contributed by atoms with E-state index in [1.54, 1.807) is 16.8 Å².